The standard InChI is InChI=1S/C5H7N5O2S2/c1-2-4(3-6)14(11,12)8-5-7-9-10-13-5/h4H,2H2,1H3,(H,7,8,10). The van der Waals surface area contributed by atoms with E-state index in [2.05, 4.69) is 19.5 Å². The molecule has 7 nitrogen and oxygen atoms in total. The number of nitrogens with zero attached hydrogens (tertiary/aromatic N) is 4. The van der Waals surface area contributed by atoms with Gasteiger partial charge in [-0.15, -0.1) is 0 Å². The van der Waals surface area contributed by atoms with E-state index in [1.807, 2.05) is 0 Å². The van der Waals surface area contributed by atoms with Crippen LogP contribution in [0.3, 0.4) is 0 Å². The van der Waals surface area contributed by atoms with Gasteiger partial charge < -0.3 is 0 Å². The third kappa shape index (κ3) is 2.36. The Bertz CT molecular complexity index is 419. The molecule has 1 aromatic rings. The van der Waals surface area contributed by atoms with Crippen LogP contribution in [0.15, 0.2) is 0 Å². The zero-order valence-corrected chi connectivity index (χ0v) is 8.84. The minimum Gasteiger partial charge on any atom is -0.255 e. The number of rotatable bonds is 4. The topological polar surface area (TPSA) is 109 Å². The first kappa shape index (κ1) is 10.8. The van der Waals surface area contributed by atoms with E-state index in [1.54, 1.807) is 13.0 Å². The molecule has 0 saturated carbocycles. The minimum absolute atomic E-state index is 0.0682. The number of nitrogens with one attached hydrogen (secondary N) is 1. The molecular formula is C5H7N5O2S2. The van der Waals surface area contributed by atoms with Gasteiger partial charge in [0.2, 0.25) is 5.13 Å². The lowest BCUT2D eigenvalue weighted by Crippen LogP contribution is -2.25. The predicted octanol–water partition coefficient (Wildman–Crippen LogP) is -0.0230. The lowest BCUT2D eigenvalue weighted by molar-refractivity contribution is 0.592. The van der Waals surface area contributed by atoms with E-state index in [-0.39, 0.29) is 11.6 Å². The Morgan fingerprint density at radius 1 is 1.71 bits per heavy atom. The fraction of sp³-hybridized carbons (Fsp3) is 0.600. The average Bonchev–Trinajstić information content (AvgIpc) is 2.57. The van der Waals surface area contributed by atoms with Gasteiger partial charge in [-0.2, -0.15) is 5.26 Å². The Kier molecular flexibility index (Phi) is 3.32. The maximum absolute atomic E-state index is 11.4. The molecule has 0 aromatic carbocycles. The van der Waals surface area contributed by atoms with Crippen LogP contribution >= 0.6 is 11.5 Å². The number of hydrogen-bond acceptors (Lipinski definition) is 7. The summed E-state index contributed by atoms with van der Waals surface area (Å²) in [7, 11) is -3.69. The lowest BCUT2D eigenvalue weighted by Gasteiger charge is -2.07. The van der Waals surface area contributed by atoms with Crippen LogP contribution in [0.5, 0.6) is 0 Å². The molecule has 0 aliphatic heterocycles. The molecule has 0 amide bonds. The fourth-order valence-corrected chi connectivity index (χ4v) is 2.47. The van der Waals surface area contributed by atoms with E-state index in [4.69, 9.17) is 5.26 Å². The summed E-state index contributed by atoms with van der Waals surface area (Å²) in [5.41, 5.74) is 0. The van der Waals surface area contributed by atoms with Crippen molar-refractivity contribution in [1.29, 1.82) is 5.26 Å². The van der Waals surface area contributed by atoms with Gasteiger partial charge in [-0.3, -0.25) is 4.72 Å². The van der Waals surface area contributed by atoms with Crippen LogP contribution in [0.25, 0.3) is 0 Å². The molecule has 1 N–H and O–H groups in total. The highest BCUT2D eigenvalue weighted by Gasteiger charge is 2.24. The van der Waals surface area contributed by atoms with Crippen molar-refractivity contribution in [3.63, 3.8) is 0 Å². The molecule has 1 atom stereocenters. The first-order chi connectivity index (χ1) is 6.60. The van der Waals surface area contributed by atoms with Crippen molar-refractivity contribution >= 4 is 26.7 Å². The summed E-state index contributed by atoms with van der Waals surface area (Å²) in [6, 6.07) is 1.69. The van der Waals surface area contributed by atoms with Crippen molar-refractivity contribution < 1.29 is 8.42 Å². The van der Waals surface area contributed by atoms with Gasteiger partial charge >= 0.3 is 0 Å². The second-order valence-corrected chi connectivity index (χ2v) is 4.94. The Morgan fingerprint density at radius 2 is 2.43 bits per heavy atom. The smallest absolute Gasteiger partial charge is 0.250 e. The number of nitriles is 1. The molecule has 0 spiro atoms. The molecule has 1 rings (SSSR count). The Labute approximate surface area is 85.0 Å². The van der Waals surface area contributed by atoms with Gasteiger partial charge in [0.25, 0.3) is 10.0 Å². The third-order valence-electron chi connectivity index (χ3n) is 1.42. The summed E-state index contributed by atoms with van der Waals surface area (Å²) >= 11 is 0.816. The number of anilines is 1. The zero-order valence-electron chi connectivity index (χ0n) is 7.21. The summed E-state index contributed by atoms with van der Waals surface area (Å²) in [5.74, 6) is 0. The minimum atomic E-state index is -3.69. The molecule has 0 radical (unpaired) electrons. The second kappa shape index (κ2) is 4.30. The lowest BCUT2D eigenvalue weighted by atomic mass is 10.4. The van der Waals surface area contributed by atoms with Gasteiger partial charge in [0.15, 0.2) is 5.25 Å². The molecule has 0 saturated heterocycles. The Balaban J connectivity index is 2.83. The van der Waals surface area contributed by atoms with Crippen LogP contribution in [0.2, 0.25) is 0 Å². The van der Waals surface area contributed by atoms with Gasteiger partial charge in [-0.1, -0.05) is 16.5 Å². The fourth-order valence-electron chi connectivity index (χ4n) is 0.746. The summed E-state index contributed by atoms with van der Waals surface area (Å²) in [6.07, 6.45) is 0.220. The highest BCUT2D eigenvalue weighted by molar-refractivity contribution is 7.93. The van der Waals surface area contributed by atoms with Crippen molar-refractivity contribution in [1.82, 2.24) is 14.8 Å². The number of sulfonamides is 1. The van der Waals surface area contributed by atoms with Crippen LogP contribution < -0.4 is 4.72 Å². The SMILES string of the molecule is CCC(C#N)S(=O)(=O)Nc1nnns1. The molecule has 0 fully saturated rings. The van der Waals surface area contributed by atoms with Crippen molar-refractivity contribution in [2.45, 2.75) is 18.6 Å². The second-order valence-electron chi connectivity index (χ2n) is 2.34. The van der Waals surface area contributed by atoms with Crippen molar-refractivity contribution in [2.24, 2.45) is 0 Å². The van der Waals surface area contributed by atoms with Gasteiger partial charge in [0.05, 0.1) is 6.07 Å². The summed E-state index contributed by atoms with van der Waals surface area (Å²) < 4.78 is 28.4. The van der Waals surface area contributed by atoms with Crippen LogP contribution in [-0.2, 0) is 10.0 Å². The largest absolute Gasteiger partial charge is 0.255 e. The quantitative estimate of drug-likeness (QED) is 0.782. The molecule has 1 heterocycles. The molecule has 1 unspecified atom stereocenters. The van der Waals surface area contributed by atoms with E-state index in [1.165, 1.54) is 0 Å². The van der Waals surface area contributed by atoms with E-state index >= 15 is 0 Å². The van der Waals surface area contributed by atoms with E-state index in [0.717, 1.165) is 11.5 Å². The van der Waals surface area contributed by atoms with E-state index in [9.17, 15) is 8.42 Å². The molecular weight excluding hydrogens is 226 g/mol. The normalized spacial score (nSPS) is 13.1. The summed E-state index contributed by atoms with van der Waals surface area (Å²) in [6.45, 7) is 1.62. The number of aromatic nitrogens is 3. The summed E-state index contributed by atoms with van der Waals surface area (Å²) in [5, 5.41) is 14.2. The molecule has 14 heavy (non-hydrogen) atoms. The molecule has 76 valence electrons. The van der Waals surface area contributed by atoms with Crippen molar-refractivity contribution in [3.05, 3.63) is 0 Å². The van der Waals surface area contributed by atoms with Gasteiger partial charge in [0.1, 0.15) is 0 Å². The van der Waals surface area contributed by atoms with Gasteiger partial charge in [-0.25, -0.2) is 8.42 Å². The monoisotopic (exact) mass is 233 g/mol. The van der Waals surface area contributed by atoms with E-state index in [0.29, 0.717) is 0 Å². The molecule has 0 aliphatic rings. The first-order valence-electron chi connectivity index (χ1n) is 3.66. The molecule has 9 heteroatoms. The van der Waals surface area contributed by atoms with Crippen LogP contribution in [-0.4, -0.2) is 28.5 Å². The molecule has 0 bridgehead atoms. The van der Waals surface area contributed by atoms with Gasteiger partial charge in [0, 0.05) is 11.5 Å². The summed E-state index contributed by atoms with van der Waals surface area (Å²) in [4.78, 5) is 0. The van der Waals surface area contributed by atoms with Crippen LogP contribution in [0.1, 0.15) is 13.3 Å². The maximum atomic E-state index is 11.4. The van der Waals surface area contributed by atoms with E-state index < -0.39 is 15.3 Å². The van der Waals surface area contributed by atoms with Crippen molar-refractivity contribution in [2.75, 3.05) is 4.72 Å². The first-order valence-corrected chi connectivity index (χ1v) is 5.98. The third-order valence-corrected chi connectivity index (χ3v) is 3.72. The molecule has 0 aliphatic carbocycles. The maximum Gasteiger partial charge on any atom is 0.250 e. The van der Waals surface area contributed by atoms with Crippen molar-refractivity contribution in [3.8, 4) is 6.07 Å². The Morgan fingerprint density at radius 3 is 2.86 bits per heavy atom. The van der Waals surface area contributed by atoms with Gasteiger partial charge in [-0.05, 0) is 11.6 Å². The average molecular weight is 233 g/mol. The predicted molar refractivity (Wildman–Crippen MR) is 49.9 cm³/mol. The molecule has 1 aromatic heterocycles. The number of hydrogen-bond donors (Lipinski definition) is 1. The highest BCUT2D eigenvalue weighted by atomic mass is 32.2. The van der Waals surface area contributed by atoms with Crippen LogP contribution in [0.4, 0.5) is 5.13 Å². The zero-order chi connectivity index (χ0) is 10.6. The van der Waals surface area contributed by atoms with Crippen LogP contribution in [0, 0.1) is 11.3 Å². The highest BCUT2D eigenvalue weighted by Crippen LogP contribution is 2.12. The Hall–Kier alpha value is -1.27.